The Morgan fingerprint density at radius 2 is 1.69 bits per heavy atom. The second kappa shape index (κ2) is 9.31. The van der Waals surface area contributed by atoms with Crippen LogP contribution in [-0.4, -0.2) is 20.9 Å². The minimum absolute atomic E-state index is 0.0411. The van der Waals surface area contributed by atoms with Crippen LogP contribution in [0.15, 0.2) is 53.9 Å². The number of amides is 1. The number of sulfonamides is 1. The van der Waals surface area contributed by atoms with Crippen LogP contribution in [0.25, 0.3) is 6.08 Å². The maximum absolute atomic E-state index is 12.0. The molecule has 0 aliphatic rings. The van der Waals surface area contributed by atoms with Gasteiger partial charge in [0.05, 0.1) is 0 Å². The van der Waals surface area contributed by atoms with Crippen molar-refractivity contribution >= 4 is 27.7 Å². The van der Waals surface area contributed by atoms with Crippen molar-refractivity contribution in [3.63, 3.8) is 0 Å². The number of hydrogen-bond acceptors (Lipinski definition) is 3. The van der Waals surface area contributed by atoms with E-state index in [-0.39, 0.29) is 18.9 Å². The van der Waals surface area contributed by atoms with Gasteiger partial charge in [-0.05, 0) is 42.7 Å². The van der Waals surface area contributed by atoms with Crippen LogP contribution in [0.5, 0.6) is 0 Å². The summed E-state index contributed by atoms with van der Waals surface area (Å²) < 4.78 is 26.3. The molecule has 2 N–H and O–H groups in total. The van der Waals surface area contributed by atoms with Gasteiger partial charge in [0.15, 0.2) is 0 Å². The lowest BCUT2D eigenvalue weighted by atomic mass is 10.1. The van der Waals surface area contributed by atoms with E-state index in [1.54, 1.807) is 0 Å². The SMILES string of the molecule is CCc1ccc(NC(=O)CCNS(=O)(=O)/C=C/c2ccc(C)cc2)cc1. The molecule has 2 aromatic rings. The Kier molecular flexibility index (Phi) is 7.12. The van der Waals surface area contributed by atoms with Crippen LogP contribution in [0.3, 0.4) is 0 Å². The first-order valence-corrected chi connectivity index (χ1v) is 10.1. The molecule has 0 unspecified atom stereocenters. The van der Waals surface area contributed by atoms with Crippen LogP contribution in [0.4, 0.5) is 5.69 Å². The van der Waals surface area contributed by atoms with Gasteiger partial charge in [0.25, 0.3) is 0 Å². The van der Waals surface area contributed by atoms with Gasteiger partial charge in [-0.2, -0.15) is 0 Å². The van der Waals surface area contributed by atoms with Gasteiger partial charge >= 0.3 is 0 Å². The summed E-state index contributed by atoms with van der Waals surface area (Å²) in [7, 11) is -3.58. The summed E-state index contributed by atoms with van der Waals surface area (Å²) in [5.74, 6) is -0.237. The molecular formula is C20H24N2O3S. The first-order chi connectivity index (χ1) is 12.4. The molecule has 0 saturated heterocycles. The Hall–Kier alpha value is -2.44. The average Bonchev–Trinajstić information content (AvgIpc) is 2.62. The Balaban J connectivity index is 1.79. The van der Waals surface area contributed by atoms with Gasteiger partial charge < -0.3 is 5.32 Å². The van der Waals surface area contributed by atoms with E-state index in [2.05, 4.69) is 17.0 Å². The van der Waals surface area contributed by atoms with E-state index in [9.17, 15) is 13.2 Å². The third-order valence-electron chi connectivity index (χ3n) is 3.82. The van der Waals surface area contributed by atoms with Crippen molar-refractivity contribution in [3.8, 4) is 0 Å². The summed E-state index contributed by atoms with van der Waals surface area (Å²) >= 11 is 0. The van der Waals surface area contributed by atoms with Gasteiger partial charge in [0, 0.05) is 24.1 Å². The van der Waals surface area contributed by atoms with Gasteiger partial charge in [-0.15, -0.1) is 0 Å². The van der Waals surface area contributed by atoms with E-state index in [0.29, 0.717) is 5.69 Å². The highest BCUT2D eigenvalue weighted by molar-refractivity contribution is 7.92. The fourth-order valence-corrected chi connectivity index (χ4v) is 3.07. The summed E-state index contributed by atoms with van der Waals surface area (Å²) in [6.45, 7) is 4.07. The van der Waals surface area contributed by atoms with Crippen LogP contribution in [0.2, 0.25) is 0 Å². The molecule has 26 heavy (non-hydrogen) atoms. The molecule has 0 spiro atoms. The zero-order valence-corrected chi connectivity index (χ0v) is 15.8. The number of rotatable bonds is 8. The van der Waals surface area contributed by atoms with Crippen molar-refractivity contribution in [2.75, 3.05) is 11.9 Å². The van der Waals surface area contributed by atoms with Crippen LogP contribution in [0.1, 0.15) is 30.0 Å². The molecule has 0 heterocycles. The second-order valence-electron chi connectivity index (χ2n) is 6.00. The summed E-state index contributed by atoms with van der Waals surface area (Å²) in [6, 6.07) is 15.1. The minimum atomic E-state index is -3.58. The number of benzene rings is 2. The van der Waals surface area contributed by atoms with Crippen molar-refractivity contribution in [3.05, 3.63) is 70.6 Å². The van der Waals surface area contributed by atoms with Crippen molar-refractivity contribution in [1.29, 1.82) is 0 Å². The minimum Gasteiger partial charge on any atom is -0.326 e. The molecule has 138 valence electrons. The summed E-state index contributed by atoms with van der Waals surface area (Å²) in [5.41, 5.74) is 3.80. The average molecular weight is 372 g/mol. The Morgan fingerprint density at radius 3 is 2.31 bits per heavy atom. The molecular weight excluding hydrogens is 348 g/mol. The third kappa shape index (κ3) is 6.82. The molecule has 2 aromatic carbocycles. The van der Waals surface area contributed by atoms with Crippen LogP contribution in [0, 0.1) is 6.92 Å². The molecule has 0 radical (unpaired) electrons. The number of carbonyl (C=O) groups excluding carboxylic acids is 1. The number of carbonyl (C=O) groups is 1. The smallest absolute Gasteiger partial charge is 0.233 e. The second-order valence-corrected chi connectivity index (χ2v) is 7.65. The molecule has 6 heteroatoms. The number of nitrogens with one attached hydrogen (secondary N) is 2. The van der Waals surface area contributed by atoms with Crippen LogP contribution < -0.4 is 10.0 Å². The highest BCUT2D eigenvalue weighted by Crippen LogP contribution is 2.10. The topological polar surface area (TPSA) is 75.3 Å². The molecule has 0 aromatic heterocycles. The van der Waals surface area contributed by atoms with E-state index < -0.39 is 10.0 Å². The van der Waals surface area contributed by atoms with E-state index in [4.69, 9.17) is 0 Å². The fraction of sp³-hybridized carbons (Fsp3) is 0.250. The predicted molar refractivity (Wildman–Crippen MR) is 106 cm³/mol. The van der Waals surface area contributed by atoms with Crippen LogP contribution in [-0.2, 0) is 21.2 Å². The molecule has 0 bridgehead atoms. The van der Waals surface area contributed by atoms with Crippen molar-refractivity contribution in [1.82, 2.24) is 4.72 Å². The van der Waals surface area contributed by atoms with Gasteiger partial charge in [-0.25, -0.2) is 13.1 Å². The largest absolute Gasteiger partial charge is 0.326 e. The first kappa shape index (κ1) is 19.9. The van der Waals surface area contributed by atoms with Crippen LogP contribution >= 0.6 is 0 Å². The standard InChI is InChI=1S/C20H24N2O3S/c1-3-17-8-10-19(11-9-17)22-20(23)12-14-21-26(24,25)15-13-18-6-4-16(2)5-7-18/h4-11,13,15,21H,3,12,14H2,1-2H3,(H,22,23)/b15-13+. The zero-order valence-electron chi connectivity index (χ0n) is 15.0. The van der Waals surface area contributed by atoms with Crippen molar-refractivity contribution < 1.29 is 13.2 Å². The normalized spacial score (nSPS) is 11.6. The molecule has 0 fully saturated rings. The quantitative estimate of drug-likeness (QED) is 0.745. The first-order valence-electron chi connectivity index (χ1n) is 8.51. The molecule has 0 saturated carbocycles. The lowest BCUT2D eigenvalue weighted by Gasteiger charge is -2.06. The zero-order chi connectivity index (χ0) is 19.0. The molecule has 1 amide bonds. The maximum Gasteiger partial charge on any atom is 0.233 e. The lowest BCUT2D eigenvalue weighted by Crippen LogP contribution is -2.26. The Labute approximate surface area is 155 Å². The molecule has 0 atom stereocenters. The van der Waals surface area contributed by atoms with E-state index in [1.807, 2.05) is 55.5 Å². The Bertz CT molecular complexity index is 855. The van der Waals surface area contributed by atoms with Gasteiger partial charge in [0.1, 0.15) is 0 Å². The third-order valence-corrected chi connectivity index (χ3v) is 4.92. The fourth-order valence-electron chi connectivity index (χ4n) is 2.25. The summed E-state index contributed by atoms with van der Waals surface area (Å²) in [5, 5.41) is 3.86. The number of hydrogen-bond donors (Lipinski definition) is 2. The van der Waals surface area contributed by atoms with E-state index in [0.717, 1.165) is 23.0 Å². The van der Waals surface area contributed by atoms with Gasteiger partial charge in [-0.3, -0.25) is 4.79 Å². The lowest BCUT2D eigenvalue weighted by molar-refractivity contribution is -0.116. The predicted octanol–water partition coefficient (Wildman–Crippen LogP) is 3.48. The van der Waals surface area contributed by atoms with E-state index >= 15 is 0 Å². The number of anilines is 1. The highest BCUT2D eigenvalue weighted by Gasteiger charge is 2.07. The van der Waals surface area contributed by atoms with E-state index in [1.165, 1.54) is 11.6 Å². The molecule has 0 aliphatic heterocycles. The van der Waals surface area contributed by atoms with Crippen molar-refractivity contribution in [2.45, 2.75) is 26.7 Å². The maximum atomic E-state index is 12.0. The highest BCUT2D eigenvalue weighted by atomic mass is 32.2. The van der Waals surface area contributed by atoms with Gasteiger partial charge in [0.2, 0.25) is 15.9 Å². The molecule has 2 rings (SSSR count). The number of aryl methyl sites for hydroxylation is 2. The summed E-state index contributed by atoms with van der Waals surface area (Å²) in [4.78, 5) is 11.9. The van der Waals surface area contributed by atoms with Crippen molar-refractivity contribution in [2.24, 2.45) is 0 Å². The molecule has 0 aliphatic carbocycles. The van der Waals surface area contributed by atoms with Gasteiger partial charge in [-0.1, -0.05) is 48.9 Å². The summed E-state index contributed by atoms with van der Waals surface area (Å²) in [6.07, 6.45) is 2.52. The Morgan fingerprint density at radius 1 is 1.04 bits per heavy atom. The molecule has 5 nitrogen and oxygen atoms in total. The monoisotopic (exact) mass is 372 g/mol.